The van der Waals surface area contributed by atoms with Gasteiger partial charge in [0.05, 0.1) is 6.10 Å². The minimum absolute atomic E-state index is 0.0609. The Morgan fingerprint density at radius 2 is 1.62 bits per heavy atom. The lowest BCUT2D eigenvalue weighted by Gasteiger charge is -2.62. The maximum atomic E-state index is 12.2. The first-order chi connectivity index (χ1) is 11.3. The van der Waals surface area contributed by atoms with Crippen LogP contribution in [0.4, 0.5) is 0 Å². The van der Waals surface area contributed by atoms with Crippen LogP contribution in [0.25, 0.3) is 0 Å². The molecule has 9 atom stereocenters. The quantitative estimate of drug-likeness (QED) is 0.746. The number of hydrogen-bond acceptors (Lipinski definition) is 2. The molecule has 2 nitrogen and oxygen atoms in total. The second-order valence-electron chi connectivity index (χ2n) is 10.4. The molecule has 0 amide bonds. The van der Waals surface area contributed by atoms with Crippen molar-refractivity contribution in [3.63, 3.8) is 0 Å². The first-order valence-electron chi connectivity index (χ1n) is 10.5. The van der Waals surface area contributed by atoms with Gasteiger partial charge in [-0.25, -0.2) is 0 Å². The van der Waals surface area contributed by atoms with Crippen molar-refractivity contribution < 1.29 is 9.90 Å². The molecule has 0 aliphatic heterocycles. The molecule has 0 saturated heterocycles. The van der Waals surface area contributed by atoms with Gasteiger partial charge in [-0.1, -0.05) is 20.8 Å². The summed E-state index contributed by atoms with van der Waals surface area (Å²) in [7, 11) is 0. The molecular weight excluding hydrogens is 296 g/mol. The number of aliphatic hydroxyl groups excluding tert-OH is 1. The molecule has 4 saturated carbocycles. The Bertz CT molecular complexity index is 528. The van der Waals surface area contributed by atoms with E-state index in [2.05, 4.69) is 20.8 Å². The number of Topliss-reactive ketones (excluding diaryl/α,β-unsaturated/α-hetero) is 1. The molecule has 4 rings (SSSR count). The number of hydrogen-bond donors (Lipinski definition) is 1. The molecule has 0 heterocycles. The second kappa shape index (κ2) is 5.56. The Labute approximate surface area is 147 Å². The standard InChI is InChI=1S/C22H36O2/c1-13-11-15-12-16(24)7-9-21(15,3)19-8-10-22(4)17(14(2)23)5-6-18(22)20(13)19/h13,15-20,24H,5-12H2,1-4H3/t13-,15-,16+,17+,18-,19-,20-,21-,22+/m0/s1. The third-order valence-electron chi connectivity index (χ3n) is 9.49. The van der Waals surface area contributed by atoms with Gasteiger partial charge in [-0.15, -0.1) is 0 Å². The zero-order valence-corrected chi connectivity index (χ0v) is 16.1. The molecule has 0 unspecified atom stereocenters. The monoisotopic (exact) mass is 332 g/mol. The van der Waals surface area contributed by atoms with E-state index < -0.39 is 0 Å². The summed E-state index contributed by atoms with van der Waals surface area (Å²) in [4.78, 5) is 12.2. The fourth-order valence-electron chi connectivity index (χ4n) is 8.28. The van der Waals surface area contributed by atoms with Crippen LogP contribution in [0.5, 0.6) is 0 Å². The molecule has 24 heavy (non-hydrogen) atoms. The highest BCUT2D eigenvalue weighted by molar-refractivity contribution is 5.79. The molecule has 0 aromatic heterocycles. The van der Waals surface area contributed by atoms with E-state index in [0.717, 1.165) is 42.9 Å². The topological polar surface area (TPSA) is 37.3 Å². The average molecular weight is 333 g/mol. The van der Waals surface area contributed by atoms with Crippen molar-refractivity contribution in [1.82, 2.24) is 0 Å². The minimum atomic E-state index is -0.0609. The summed E-state index contributed by atoms with van der Waals surface area (Å²) in [5.74, 6) is 4.61. The van der Waals surface area contributed by atoms with Crippen molar-refractivity contribution >= 4 is 5.78 Å². The van der Waals surface area contributed by atoms with Gasteiger partial charge in [-0.3, -0.25) is 4.79 Å². The van der Waals surface area contributed by atoms with Crippen molar-refractivity contribution in [1.29, 1.82) is 0 Å². The average Bonchev–Trinajstić information content (AvgIpc) is 2.86. The molecule has 1 N–H and O–H groups in total. The van der Waals surface area contributed by atoms with Crippen LogP contribution in [-0.2, 0) is 4.79 Å². The zero-order chi connectivity index (χ0) is 17.3. The van der Waals surface area contributed by atoms with Crippen molar-refractivity contribution in [3.8, 4) is 0 Å². The summed E-state index contributed by atoms with van der Waals surface area (Å²) < 4.78 is 0. The highest BCUT2D eigenvalue weighted by Crippen LogP contribution is 2.68. The Hall–Kier alpha value is -0.370. The van der Waals surface area contributed by atoms with Crippen LogP contribution in [0.3, 0.4) is 0 Å². The normalized spacial score (nSPS) is 57.0. The number of rotatable bonds is 1. The number of fused-ring (bicyclic) bond motifs is 5. The van der Waals surface area contributed by atoms with Crippen LogP contribution in [0.2, 0.25) is 0 Å². The summed E-state index contributed by atoms with van der Waals surface area (Å²) in [5.41, 5.74) is 0.699. The predicted molar refractivity (Wildman–Crippen MR) is 96.5 cm³/mol. The van der Waals surface area contributed by atoms with Crippen LogP contribution < -0.4 is 0 Å². The number of carbonyl (C=O) groups excluding carboxylic acids is 1. The molecule has 2 heteroatoms. The summed E-state index contributed by atoms with van der Waals surface area (Å²) in [6.07, 6.45) is 9.45. The highest BCUT2D eigenvalue weighted by Gasteiger charge is 2.62. The number of ketones is 1. The predicted octanol–water partition coefficient (Wildman–Crippen LogP) is 4.84. The van der Waals surface area contributed by atoms with Gasteiger partial charge < -0.3 is 5.11 Å². The minimum Gasteiger partial charge on any atom is -0.393 e. The van der Waals surface area contributed by atoms with Gasteiger partial charge in [0, 0.05) is 5.92 Å². The Morgan fingerprint density at radius 3 is 2.33 bits per heavy atom. The van der Waals surface area contributed by atoms with Crippen LogP contribution in [-0.4, -0.2) is 17.0 Å². The van der Waals surface area contributed by atoms with E-state index in [-0.39, 0.29) is 11.5 Å². The Balaban J connectivity index is 1.66. The summed E-state index contributed by atoms with van der Waals surface area (Å²) in [6, 6.07) is 0. The zero-order valence-electron chi connectivity index (χ0n) is 16.1. The van der Waals surface area contributed by atoms with Gasteiger partial charge >= 0.3 is 0 Å². The van der Waals surface area contributed by atoms with Crippen molar-refractivity contribution in [2.45, 2.75) is 85.2 Å². The van der Waals surface area contributed by atoms with Gasteiger partial charge in [-0.05, 0) is 98.7 Å². The fraction of sp³-hybridized carbons (Fsp3) is 0.955. The van der Waals surface area contributed by atoms with Crippen LogP contribution in [0, 0.1) is 46.3 Å². The molecule has 0 bridgehead atoms. The second-order valence-corrected chi connectivity index (χ2v) is 10.4. The molecule has 4 fully saturated rings. The molecule has 0 radical (unpaired) electrons. The number of aliphatic hydroxyl groups is 1. The van der Waals surface area contributed by atoms with Gasteiger partial charge in [0.25, 0.3) is 0 Å². The molecule has 136 valence electrons. The van der Waals surface area contributed by atoms with Crippen molar-refractivity contribution in [3.05, 3.63) is 0 Å². The summed E-state index contributed by atoms with van der Waals surface area (Å²) in [5, 5.41) is 10.2. The third-order valence-corrected chi connectivity index (χ3v) is 9.49. The molecule has 0 aromatic carbocycles. The Kier molecular flexibility index (Phi) is 3.95. The van der Waals surface area contributed by atoms with E-state index >= 15 is 0 Å². The maximum Gasteiger partial charge on any atom is 0.133 e. The lowest BCUT2D eigenvalue weighted by Crippen LogP contribution is -2.56. The first-order valence-corrected chi connectivity index (χ1v) is 10.5. The summed E-state index contributed by atoms with van der Waals surface area (Å²) in [6.45, 7) is 9.30. The van der Waals surface area contributed by atoms with Gasteiger partial charge in [-0.2, -0.15) is 0 Å². The van der Waals surface area contributed by atoms with E-state index in [9.17, 15) is 9.90 Å². The van der Waals surface area contributed by atoms with Gasteiger partial charge in [0.1, 0.15) is 5.78 Å². The van der Waals surface area contributed by atoms with Crippen molar-refractivity contribution in [2.24, 2.45) is 46.3 Å². The molecule has 4 aliphatic carbocycles. The fourth-order valence-corrected chi connectivity index (χ4v) is 8.28. The molecule has 4 aliphatic rings. The molecule has 0 spiro atoms. The van der Waals surface area contributed by atoms with E-state index in [4.69, 9.17) is 0 Å². The van der Waals surface area contributed by atoms with E-state index in [1.165, 1.54) is 32.1 Å². The SMILES string of the molecule is CC(=O)[C@H]1CC[C@H]2[C@@H]3[C@@H](C)C[C@H]4C[C@H](O)CC[C@]4(C)[C@H]3CC[C@]12C. The van der Waals surface area contributed by atoms with Crippen LogP contribution in [0.1, 0.15) is 79.1 Å². The molecular formula is C22H36O2. The van der Waals surface area contributed by atoms with Gasteiger partial charge in [0.2, 0.25) is 0 Å². The first kappa shape index (κ1) is 17.1. The van der Waals surface area contributed by atoms with E-state index in [1.807, 2.05) is 6.92 Å². The summed E-state index contributed by atoms with van der Waals surface area (Å²) >= 11 is 0. The lowest BCUT2D eigenvalue weighted by atomic mass is 9.42. The third kappa shape index (κ3) is 2.20. The largest absolute Gasteiger partial charge is 0.393 e. The van der Waals surface area contributed by atoms with E-state index in [1.54, 1.807) is 0 Å². The van der Waals surface area contributed by atoms with Crippen molar-refractivity contribution in [2.75, 3.05) is 0 Å². The number of carbonyl (C=O) groups is 1. The maximum absolute atomic E-state index is 12.2. The smallest absolute Gasteiger partial charge is 0.133 e. The van der Waals surface area contributed by atoms with Crippen LogP contribution in [0.15, 0.2) is 0 Å². The van der Waals surface area contributed by atoms with Crippen LogP contribution >= 0.6 is 0 Å². The lowest BCUT2D eigenvalue weighted by molar-refractivity contribution is -0.152. The van der Waals surface area contributed by atoms with Gasteiger partial charge in [0.15, 0.2) is 0 Å². The Morgan fingerprint density at radius 1 is 0.958 bits per heavy atom. The molecule has 0 aromatic rings. The highest BCUT2D eigenvalue weighted by atomic mass is 16.3. The van der Waals surface area contributed by atoms with E-state index in [0.29, 0.717) is 23.0 Å².